The van der Waals surface area contributed by atoms with E-state index in [0.29, 0.717) is 26.2 Å². The topological polar surface area (TPSA) is 90.5 Å². The number of hydrogen-bond donors (Lipinski definition) is 3. The molecule has 4 aromatic rings. The summed E-state index contributed by atoms with van der Waals surface area (Å²) in [6.45, 7) is 6.38. The molecule has 3 aromatic carbocycles. The number of aliphatic hydroxyl groups excluding tert-OH is 1. The van der Waals surface area contributed by atoms with E-state index in [1.807, 2.05) is 18.3 Å². The summed E-state index contributed by atoms with van der Waals surface area (Å²) in [4.78, 5) is 13.3. The van der Waals surface area contributed by atoms with Crippen LogP contribution in [-0.4, -0.2) is 66.0 Å². The second-order valence-electron chi connectivity index (χ2n) is 9.66. The van der Waals surface area contributed by atoms with E-state index >= 15 is 0 Å². The number of aromatic nitrogens is 2. The number of carbonyl (C=O) groups is 1. The van der Waals surface area contributed by atoms with Crippen molar-refractivity contribution < 1.29 is 14.6 Å². The third kappa shape index (κ3) is 7.25. The van der Waals surface area contributed by atoms with Crippen LogP contribution in [0.2, 0.25) is 0 Å². The summed E-state index contributed by atoms with van der Waals surface area (Å²) in [5.74, 6) is 0.680. The Morgan fingerprint density at radius 3 is 2.62 bits per heavy atom. The first-order chi connectivity index (χ1) is 19.5. The lowest BCUT2D eigenvalue weighted by molar-refractivity contribution is -0.125. The molecule has 0 radical (unpaired) electrons. The number of ether oxygens (including phenoxy) is 1. The molecular weight excluding hydrogens is 500 g/mol. The lowest BCUT2D eigenvalue weighted by atomic mass is 9.86. The monoisotopic (exact) mass is 538 g/mol. The Bertz CT molecular complexity index is 1470. The molecule has 1 heterocycles. The minimum Gasteiger partial charge on any atom is -0.492 e. The molecule has 7 heteroatoms. The zero-order valence-corrected chi connectivity index (χ0v) is 23.5. The van der Waals surface area contributed by atoms with Crippen molar-refractivity contribution in [3.05, 3.63) is 107 Å². The molecule has 208 valence electrons. The van der Waals surface area contributed by atoms with E-state index in [-0.39, 0.29) is 12.5 Å². The van der Waals surface area contributed by atoms with Crippen molar-refractivity contribution in [1.82, 2.24) is 20.4 Å². The highest BCUT2D eigenvalue weighted by Gasteiger charge is 2.15. The van der Waals surface area contributed by atoms with Gasteiger partial charge in [-0.3, -0.25) is 9.89 Å². The Morgan fingerprint density at radius 1 is 1.10 bits per heavy atom. The average Bonchev–Trinajstić information content (AvgIpc) is 3.44. The van der Waals surface area contributed by atoms with Crippen LogP contribution in [-0.2, 0) is 4.79 Å². The summed E-state index contributed by atoms with van der Waals surface area (Å²) in [6, 6.07) is 23.3. The maximum absolute atomic E-state index is 11.8. The van der Waals surface area contributed by atoms with E-state index in [1.165, 1.54) is 33.2 Å². The molecule has 0 atom stereocenters. The predicted molar refractivity (Wildman–Crippen MR) is 162 cm³/mol. The number of likely N-dealkylation sites (N-methyl/N-ethyl adjacent to an activating group) is 1. The summed E-state index contributed by atoms with van der Waals surface area (Å²) < 4.78 is 5.96. The van der Waals surface area contributed by atoms with E-state index in [4.69, 9.17) is 9.84 Å². The van der Waals surface area contributed by atoms with E-state index < -0.39 is 0 Å². The number of aryl methyl sites for hydroxylation is 1. The molecule has 0 unspecified atom stereocenters. The number of aromatic amines is 1. The van der Waals surface area contributed by atoms with Gasteiger partial charge in [0.2, 0.25) is 5.91 Å². The van der Waals surface area contributed by atoms with Crippen molar-refractivity contribution in [2.75, 3.05) is 39.9 Å². The Morgan fingerprint density at radius 2 is 1.88 bits per heavy atom. The lowest BCUT2D eigenvalue weighted by Crippen LogP contribution is -2.28. The van der Waals surface area contributed by atoms with Crippen molar-refractivity contribution in [2.24, 2.45) is 0 Å². The lowest BCUT2D eigenvalue weighted by Gasteiger charge is -2.18. The number of nitrogens with zero attached hydrogens (tertiary/aromatic N) is 2. The van der Waals surface area contributed by atoms with E-state index in [0.717, 1.165) is 34.2 Å². The van der Waals surface area contributed by atoms with Gasteiger partial charge < -0.3 is 20.1 Å². The molecular formula is C33H38N4O3. The first kappa shape index (κ1) is 28.8. The number of nitrogens with one attached hydrogen (secondary N) is 2. The number of hydrogen-bond acceptors (Lipinski definition) is 5. The summed E-state index contributed by atoms with van der Waals surface area (Å²) >= 11 is 0. The second-order valence-corrected chi connectivity index (χ2v) is 9.66. The molecule has 0 aliphatic carbocycles. The Labute approximate surface area is 236 Å². The Kier molecular flexibility index (Phi) is 10.3. The molecule has 1 aromatic heterocycles. The first-order valence-corrected chi connectivity index (χ1v) is 13.7. The van der Waals surface area contributed by atoms with Crippen LogP contribution in [0.1, 0.15) is 35.6 Å². The van der Waals surface area contributed by atoms with Gasteiger partial charge in [-0.2, -0.15) is 5.10 Å². The van der Waals surface area contributed by atoms with Gasteiger partial charge in [-0.05, 0) is 71.0 Å². The smallest absolute Gasteiger partial charge is 0.246 e. The van der Waals surface area contributed by atoms with Gasteiger partial charge in [-0.25, -0.2) is 0 Å². The van der Waals surface area contributed by atoms with Crippen LogP contribution in [0.4, 0.5) is 0 Å². The summed E-state index contributed by atoms with van der Waals surface area (Å²) in [6.07, 6.45) is 6.05. The third-order valence-electron chi connectivity index (χ3n) is 6.88. The van der Waals surface area contributed by atoms with E-state index in [1.54, 1.807) is 13.1 Å². The van der Waals surface area contributed by atoms with Gasteiger partial charge in [0.15, 0.2) is 0 Å². The summed E-state index contributed by atoms with van der Waals surface area (Å²) in [5.41, 5.74) is 8.33. The number of H-pyrrole nitrogens is 1. The Hall–Kier alpha value is -4.20. The molecule has 0 saturated carbocycles. The number of amides is 1. The summed E-state index contributed by atoms with van der Waals surface area (Å²) in [7, 11) is 1.66. The van der Waals surface area contributed by atoms with Gasteiger partial charge in [-0.15, -0.1) is 0 Å². The van der Waals surface area contributed by atoms with Crippen LogP contribution in [0.3, 0.4) is 0 Å². The SMILES string of the molecule is CC/C(=C(/c1ccc(OCCNC/C=C/C(=O)N(C)CCO)cc1)c1ccc2[nH]ncc2c1)c1ccccc1C. The Balaban J connectivity index is 1.47. The highest BCUT2D eigenvalue weighted by Crippen LogP contribution is 2.37. The zero-order valence-electron chi connectivity index (χ0n) is 23.5. The third-order valence-corrected chi connectivity index (χ3v) is 6.88. The molecule has 0 fully saturated rings. The predicted octanol–water partition coefficient (Wildman–Crippen LogP) is 5.22. The zero-order chi connectivity index (χ0) is 28.3. The number of carbonyl (C=O) groups excluding carboxylic acids is 1. The molecule has 0 spiro atoms. The largest absolute Gasteiger partial charge is 0.492 e. The normalized spacial score (nSPS) is 12.1. The van der Waals surface area contributed by atoms with Crippen LogP contribution in [0.15, 0.2) is 85.1 Å². The molecule has 40 heavy (non-hydrogen) atoms. The van der Waals surface area contributed by atoms with Gasteiger partial charge in [0.25, 0.3) is 0 Å². The first-order valence-electron chi connectivity index (χ1n) is 13.7. The van der Waals surface area contributed by atoms with Crippen LogP contribution in [0, 0.1) is 6.92 Å². The highest BCUT2D eigenvalue weighted by molar-refractivity contribution is 6.00. The van der Waals surface area contributed by atoms with Crippen LogP contribution < -0.4 is 10.1 Å². The van der Waals surface area contributed by atoms with Crippen molar-refractivity contribution >= 4 is 28.0 Å². The highest BCUT2D eigenvalue weighted by atomic mass is 16.5. The van der Waals surface area contributed by atoms with Crippen molar-refractivity contribution in [3.8, 4) is 5.75 Å². The van der Waals surface area contributed by atoms with Crippen molar-refractivity contribution in [3.63, 3.8) is 0 Å². The summed E-state index contributed by atoms with van der Waals surface area (Å²) in [5, 5.41) is 20.5. The van der Waals surface area contributed by atoms with E-state index in [9.17, 15) is 4.79 Å². The average molecular weight is 539 g/mol. The fourth-order valence-electron chi connectivity index (χ4n) is 4.72. The number of aliphatic hydroxyl groups is 1. The van der Waals surface area contributed by atoms with Crippen LogP contribution >= 0.6 is 0 Å². The minimum absolute atomic E-state index is 0.0439. The number of rotatable bonds is 13. The minimum atomic E-state index is -0.126. The van der Waals surface area contributed by atoms with Gasteiger partial charge in [0.1, 0.15) is 12.4 Å². The molecule has 0 bridgehead atoms. The van der Waals surface area contributed by atoms with Gasteiger partial charge in [0.05, 0.1) is 18.3 Å². The molecule has 1 amide bonds. The van der Waals surface area contributed by atoms with Crippen LogP contribution in [0.5, 0.6) is 5.75 Å². The maximum Gasteiger partial charge on any atom is 0.246 e. The number of allylic oxidation sites excluding steroid dienone is 1. The van der Waals surface area contributed by atoms with Gasteiger partial charge in [0, 0.05) is 38.1 Å². The van der Waals surface area contributed by atoms with Gasteiger partial charge >= 0.3 is 0 Å². The quantitative estimate of drug-likeness (QED) is 0.123. The van der Waals surface area contributed by atoms with Crippen molar-refractivity contribution in [2.45, 2.75) is 20.3 Å². The fourth-order valence-corrected chi connectivity index (χ4v) is 4.72. The van der Waals surface area contributed by atoms with E-state index in [2.05, 4.69) is 84.0 Å². The maximum atomic E-state index is 11.8. The molecule has 4 rings (SSSR count). The molecule has 0 aliphatic rings. The fraction of sp³-hybridized carbons (Fsp3) is 0.273. The van der Waals surface area contributed by atoms with Crippen molar-refractivity contribution in [1.29, 1.82) is 0 Å². The number of benzene rings is 3. The standard InChI is InChI=1S/C33H38N4O3/c1-4-29(30-9-6-5-8-24(30)2)33(26-13-16-31-27(22-26)23-35-36-31)25-11-14-28(15-12-25)40-21-18-34-17-7-10-32(39)37(3)19-20-38/h5-16,22-23,34,38H,4,17-21H2,1-3H3,(H,35,36)/b10-7+,33-29+. The number of fused-ring (bicyclic) bond motifs is 1. The molecule has 3 N–H and O–H groups in total. The van der Waals surface area contributed by atoms with Gasteiger partial charge in [-0.1, -0.05) is 55.5 Å². The molecule has 0 saturated heterocycles. The second kappa shape index (κ2) is 14.3. The molecule has 0 aliphatic heterocycles. The van der Waals surface area contributed by atoms with Crippen LogP contribution in [0.25, 0.3) is 22.0 Å². The molecule has 7 nitrogen and oxygen atoms in total.